The third-order valence-corrected chi connectivity index (χ3v) is 3.87. The Bertz CT molecular complexity index is 282. The Morgan fingerprint density at radius 1 is 0.933 bits per heavy atom. The fourth-order valence-corrected chi connectivity index (χ4v) is 2.05. The van der Waals surface area contributed by atoms with Gasteiger partial charge in [0.2, 0.25) is 0 Å². The van der Waals surface area contributed by atoms with Gasteiger partial charge in [0.05, 0.1) is 0 Å². The molecule has 0 aromatic rings. The van der Waals surface area contributed by atoms with E-state index in [1.54, 1.807) is 11.1 Å². The van der Waals surface area contributed by atoms with E-state index in [0.29, 0.717) is 10.8 Å². The molecule has 86 valence electrons. The molecule has 0 amide bonds. The van der Waals surface area contributed by atoms with Gasteiger partial charge < -0.3 is 0 Å². The van der Waals surface area contributed by atoms with Crippen LogP contribution in [0, 0.1) is 10.8 Å². The standard InChI is InChI=1S/C15H26/c1-7-15(5,6)13-10-8-12(9-11-13)14(2,3)4/h8,10H,7,9,11H2,1-6H3. The molecule has 1 aliphatic carbocycles. The molecule has 0 aromatic heterocycles. The predicted molar refractivity (Wildman–Crippen MR) is 68.9 cm³/mol. The van der Waals surface area contributed by atoms with Crippen LogP contribution in [-0.4, -0.2) is 0 Å². The highest BCUT2D eigenvalue weighted by Crippen LogP contribution is 2.39. The zero-order chi connectivity index (χ0) is 11.7. The number of allylic oxidation sites excluding steroid dienone is 4. The molecular formula is C15H26. The molecule has 0 aromatic carbocycles. The van der Waals surface area contributed by atoms with Crippen molar-refractivity contribution in [1.82, 2.24) is 0 Å². The van der Waals surface area contributed by atoms with Crippen molar-refractivity contribution in [2.75, 3.05) is 0 Å². The molecule has 0 N–H and O–H groups in total. The largest absolute Gasteiger partial charge is 0.0646 e. The summed E-state index contributed by atoms with van der Waals surface area (Å²) in [6.07, 6.45) is 8.46. The second-order valence-electron chi connectivity index (χ2n) is 6.37. The van der Waals surface area contributed by atoms with E-state index in [4.69, 9.17) is 0 Å². The molecular weight excluding hydrogens is 180 g/mol. The third kappa shape index (κ3) is 2.96. The van der Waals surface area contributed by atoms with E-state index in [1.807, 2.05) is 0 Å². The first-order valence-electron chi connectivity index (χ1n) is 6.18. The summed E-state index contributed by atoms with van der Waals surface area (Å²) in [6, 6.07) is 0. The van der Waals surface area contributed by atoms with Gasteiger partial charge in [0.25, 0.3) is 0 Å². The average Bonchev–Trinajstić information content (AvgIpc) is 2.17. The Morgan fingerprint density at radius 3 is 1.73 bits per heavy atom. The van der Waals surface area contributed by atoms with Crippen molar-refractivity contribution in [3.63, 3.8) is 0 Å². The fraction of sp³-hybridized carbons (Fsp3) is 0.733. The Balaban J connectivity index is 2.86. The van der Waals surface area contributed by atoms with E-state index in [2.05, 4.69) is 53.7 Å². The topological polar surface area (TPSA) is 0 Å². The normalized spacial score (nSPS) is 18.5. The van der Waals surface area contributed by atoms with Crippen molar-refractivity contribution in [3.8, 4) is 0 Å². The van der Waals surface area contributed by atoms with Crippen molar-refractivity contribution in [2.45, 2.75) is 60.8 Å². The highest BCUT2D eigenvalue weighted by molar-refractivity contribution is 5.30. The van der Waals surface area contributed by atoms with Crippen LogP contribution in [0.25, 0.3) is 0 Å². The van der Waals surface area contributed by atoms with Crippen LogP contribution in [0.2, 0.25) is 0 Å². The molecule has 0 saturated carbocycles. The number of hydrogen-bond acceptors (Lipinski definition) is 0. The molecule has 0 atom stereocenters. The molecule has 0 fully saturated rings. The van der Waals surface area contributed by atoms with Crippen molar-refractivity contribution in [1.29, 1.82) is 0 Å². The van der Waals surface area contributed by atoms with E-state index < -0.39 is 0 Å². The van der Waals surface area contributed by atoms with E-state index >= 15 is 0 Å². The van der Waals surface area contributed by atoms with Gasteiger partial charge in [-0.2, -0.15) is 0 Å². The summed E-state index contributed by atoms with van der Waals surface area (Å²) in [5.74, 6) is 0. The first kappa shape index (κ1) is 12.5. The van der Waals surface area contributed by atoms with Gasteiger partial charge in [-0.3, -0.25) is 0 Å². The molecule has 0 radical (unpaired) electrons. The molecule has 1 rings (SSSR count). The van der Waals surface area contributed by atoms with Crippen LogP contribution >= 0.6 is 0 Å². The summed E-state index contributed by atoms with van der Waals surface area (Å²) < 4.78 is 0. The van der Waals surface area contributed by atoms with Crippen molar-refractivity contribution >= 4 is 0 Å². The van der Waals surface area contributed by atoms with Gasteiger partial charge in [-0.05, 0) is 30.1 Å². The van der Waals surface area contributed by atoms with Crippen LogP contribution in [0.1, 0.15) is 60.8 Å². The summed E-state index contributed by atoms with van der Waals surface area (Å²) in [7, 11) is 0. The lowest BCUT2D eigenvalue weighted by atomic mass is 9.73. The smallest absolute Gasteiger partial charge is 0.0144 e. The molecule has 0 spiro atoms. The van der Waals surface area contributed by atoms with Crippen molar-refractivity contribution in [3.05, 3.63) is 23.3 Å². The summed E-state index contributed by atoms with van der Waals surface area (Å²) in [4.78, 5) is 0. The minimum absolute atomic E-state index is 0.346. The summed E-state index contributed by atoms with van der Waals surface area (Å²) >= 11 is 0. The zero-order valence-electron chi connectivity index (χ0n) is 11.3. The van der Waals surface area contributed by atoms with Gasteiger partial charge >= 0.3 is 0 Å². The maximum absolute atomic E-state index is 2.37. The minimum Gasteiger partial charge on any atom is -0.0646 e. The van der Waals surface area contributed by atoms with Crippen LogP contribution in [0.3, 0.4) is 0 Å². The van der Waals surface area contributed by atoms with Gasteiger partial charge in [0.1, 0.15) is 0 Å². The van der Waals surface area contributed by atoms with E-state index in [1.165, 1.54) is 19.3 Å². The highest BCUT2D eigenvalue weighted by atomic mass is 14.3. The van der Waals surface area contributed by atoms with Crippen LogP contribution in [0.5, 0.6) is 0 Å². The lowest BCUT2D eigenvalue weighted by Crippen LogP contribution is -2.18. The van der Waals surface area contributed by atoms with Gasteiger partial charge in [-0.25, -0.2) is 0 Å². The van der Waals surface area contributed by atoms with E-state index in [0.717, 1.165) is 0 Å². The predicted octanol–water partition coefficient (Wildman–Crippen LogP) is 5.12. The van der Waals surface area contributed by atoms with Crippen molar-refractivity contribution in [2.24, 2.45) is 10.8 Å². The maximum Gasteiger partial charge on any atom is -0.0144 e. The maximum atomic E-state index is 2.37. The third-order valence-electron chi connectivity index (χ3n) is 3.87. The minimum atomic E-state index is 0.346. The Kier molecular flexibility index (Phi) is 3.48. The van der Waals surface area contributed by atoms with Gasteiger partial charge in [0, 0.05) is 0 Å². The highest BCUT2D eigenvalue weighted by Gasteiger charge is 2.25. The molecule has 15 heavy (non-hydrogen) atoms. The zero-order valence-corrected chi connectivity index (χ0v) is 11.3. The lowest BCUT2D eigenvalue weighted by molar-refractivity contribution is 0.401. The van der Waals surface area contributed by atoms with Crippen LogP contribution < -0.4 is 0 Å². The van der Waals surface area contributed by atoms with Crippen molar-refractivity contribution < 1.29 is 0 Å². The quantitative estimate of drug-likeness (QED) is 0.588. The Morgan fingerprint density at radius 2 is 1.40 bits per heavy atom. The first-order valence-corrected chi connectivity index (χ1v) is 6.18. The fourth-order valence-electron chi connectivity index (χ4n) is 2.05. The van der Waals surface area contributed by atoms with Crippen LogP contribution in [0.4, 0.5) is 0 Å². The molecule has 0 bridgehead atoms. The molecule has 0 heteroatoms. The van der Waals surface area contributed by atoms with Gasteiger partial charge in [-0.15, -0.1) is 0 Å². The first-order chi connectivity index (χ1) is 6.77. The average molecular weight is 206 g/mol. The molecule has 0 saturated heterocycles. The number of rotatable bonds is 2. The molecule has 1 aliphatic rings. The van der Waals surface area contributed by atoms with Crippen LogP contribution in [-0.2, 0) is 0 Å². The number of hydrogen-bond donors (Lipinski definition) is 0. The molecule has 0 aliphatic heterocycles. The summed E-state index contributed by atoms with van der Waals surface area (Å²) in [5, 5.41) is 0. The summed E-state index contributed by atoms with van der Waals surface area (Å²) in [6.45, 7) is 13.9. The second kappa shape index (κ2) is 4.15. The Hall–Kier alpha value is -0.520. The second-order valence-corrected chi connectivity index (χ2v) is 6.37. The molecule has 0 nitrogen and oxygen atoms in total. The van der Waals surface area contributed by atoms with E-state index in [-0.39, 0.29) is 0 Å². The summed E-state index contributed by atoms with van der Waals surface area (Å²) in [5.41, 5.74) is 3.95. The Labute approximate surface area is 95.5 Å². The monoisotopic (exact) mass is 206 g/mol. The molecule has 0 unspecified atom stereocenters. The van der Waals surface area contributed by atoms with E-state index in [9.17, 15) is 0 Å². The molecule has 0 heterocycles. The van der Waals surface area contributed by atoms with Gasteiger partial charge in [0.15, 0.2) is 0 Å². The lowest BCUT2D eigenvalue weighted by Gasteiger charge is -2.32. The van der Waals surface area contributed by atoms with Gasteiger partial charge in [-0.1, -0.05) is 64.8 Å². The SMILES string of the molecule is CCC(C)(C)C1=CC=C(C(C)(C)C)CC1. The van der Waals surface area contributed by atoms with Crippen LogP contribution in [0.15, 0.2) is 23.3 Å².